The molecule has 0 aromatic heterocycles. The van der Waals surface area contributed by atoms with Gasteiger partial charge in [0.15, 0.2) is 0 Å². The van der Waals surface area contributed by atoms with Crippen LogP contribution in [0.4, 0.5) is 13.2 Å². The molecule has 0 bridgehead atoms. The minimum Gasteiger partial charge on any atom is -0.481 e. The molecule has 7 heteroatoms. The number of aliphatic carboxylic acids is 1. The third-order valence-corrected chi connectivity index (χ3v) is 3.82. The lowest BCUT2D eigenvalue weighted by Gasteiger charge is -2.15. The number of benzene rings is 1. The number of amides is 1. The molecule has 1 aliphatic carbocycles. The van der Waals surface area contributed by atoms with E-state index in [-0.39, 0.29) is 18.0 Å². The van der Waals surface area contributed by atoms with Gasteiger partial charge in [-0.05, 0) is 30.9 Å². The van der Waals surface area contributed by atoms with Gasteiger partial charge >= 0.3 is 12.1 Å². The first-order chi connectivity index (χ1) is 10.3. The Morgan fingerprint density at radius 2 is 1.91 bits per heavy atom. The molecule has 0 saturated heterocycles. The molecule has 22 heavy (non-hydrogen) atoms. The fourth-order valence-corrected chi connectivity index (χ4v) is 2.74. The van der Waals surface area contributed by atoms with Gasteiger partial charge in [0.1, 0.15) is 0 Å². The molecule has 0 unspecified atom stereocenters. The number of hydrogen-bond acceptors (Lipinski definition) is 2. The highest BCUT2D eigenvalue weighted by atomic mass is 19.4. The van der Waals surface area contributed by atoms with Crippen LogP contribution in [0.1, 0.15) is 30.4 Å². The van der Waals surface area contributed by atoms with Gasteiger partial charge < -0.3 is 10.4 Å². The van der Waals surface area contributed by atoms with Crippen molar-refractivity contribution in [3.05, 3.63) is 35.4 Å². The van der Waals surface area contributed by atoms with Crippen LogP contribution in [0.2, 0.25) is 0 Å². The van der Waals surface area contributed by atoms with Crippen molar-refractivity contribution in [1.29, 1.82) is 0 Å². The molecule has 1 fully saturated rings. The molecular formula is C15H16F3NO3. The number of nitrogens with one attached hydrogen (secondary N) is 1. The van der Waals surface area contributed by atoms with Crippen LogP contribution in [0.15, 0.2) is 24.3 Å². The van der Waals surface area contributed by atoms with E-state index in [0.29, 0.717) is 19.3 Å². The van der Waals surface area contributed by atoms with Gasteiger partial charge in [0.2, 0.25) is 5.91 Å². The zero-order chi connectivity index (χ0) is 16.3. The van der Waals surface area contributed by atoms with E-state index in [1.54, 1.807) is 0 Å². The summed E-state index contributed by atoms with van der Waals surface area (Å²) in [6, 6.07) is 4.66. The number of hydrogen-bond donors (Lipinski definition) is 2. The molecular weight excluding hydrogens is 299 g/mol. The van der Waals surface area contributed by atoms with E-state index in [2.05, 4.69) is 5.32 Å². The summed E-state index contributed by atoms with van der Waals surface area (Å²) in [6.07, 6.45) is -3.55. The third kappa shape index (κ3) is 3.99. The lowest BCUT2D eigenvalue weighted by molar-refractivity contribution is -0.142. The van der Waals surface area contributed by atoms with Crippen LogP contribution in [0, 0.1) is 5.92 Å². The first-order valence-corrected chi connectivity index (χ1v) is 6.94. The number of carboxylic acid groups (broad SMARTS) is 1. The summed E-state index contributed by atoms with van der Waals surface area (Å²) in [6.45, 7) is 0. The summed E-state index contributed by atoms with van der Waals surface area (Å²) in [5.41, 5.74) is -0.903. The number of alkyl halides is 3. The van der Waals surface area contributed by atoms with Gasteiger partial charge in [-0.3, -0.25) is 9.59 Å². The smallest absolute Gasteiger partial charge is 0.416 e. The number of carboxylic acids is 1. The Kier molecular flexibility index (Phi) is 4.73. The van der Waals surface area contributed by atoms with Gasteiger partial charge in [0.25, 0.3) is 0 Å². The molecule has 4 nitrogen and oxygen atoms in total. The molecule has 2 rings (SSSR count). The normalized spacial score (nSPS) is 21.6. The molecule has 1 amide bonds. The predicted octanol–water partition coefficient (Wildman–Crippen LogP) is 2.62. The Morgan fingerprint density at radius 3 is 2.50 bits per heavy atom. The molecule has 0 aliphatic heterocycles. The van der Waals surface area contributed by atoms with E-state index in [9.17, 15) is 22.8 Å². The highest BCUT2D eigenvalue weighted by Crippen LogP contribution is 2.32. The molecule has 2 N–H and O–H groups in total. The van der Waals surface area contributed by atoms with Gasteiger partial charge in [-0.25, -0.2) is 0 Å². The maximum Gasteiger partial charge on any atom is 0.416 e. The van der Waals surface area contributed by atoms with Crippen LogP contribution in [0.5, 0.6) is 0 Å². The largest absolute Gasteiger partial charge is 0.481 e. The highest BCUT2D eigenvalue weighted by molar-refractivity contribution is 5.79. The average Bonchev–Trinajstić information content (AvgIpc) is 2.86. The Balaban J connectivity index is 1.98. The Bertz CT molecular complexity index is 571. The first kappa shape index (κ1) is 16.3. The standard InChI is InChI=1S/C15H16F3NO3/c16-15(17,18)12-4-2-1-3-9(12)8-13(20)19-11-6-5-10(7-11)14(21)22/h1-4,10-11H,5-8H2,(H,19,20)(H,21,22)/t10-,11+/m0/s1. The lowest BCUT2D eigenvalue weighted by atomic mass is 10.0. The Labute approximate surface area is 125 Å². The summed E-state index contributed by atoms with van der Waals surface area (Å²) >= 11 is 0. The predicted molar refractivity (Wildman–Crippen MR) is 72.1 cm³/mol. The zero-order valence-electron chi connectivity index (χ0n) is 11.7. The maximum atomic E-state index is 12.8. The highest BCUT2D eigenvalue weighted by Gasteiger charge is 2.34. The molecule has 0 radical (unpaired) electrons. The summed E-state index contributed by atoms with van der Waals surface area (Å²) in [5.74, 6) is -1.92. The number of halogens is 3. The molecule has 120 valence electrons. The number of carbonyl (C=O) groups is 2. The zero-order valence-corrected chi connectivity index (χ0v) is 11.7. The molecule has 1 aromatic rings. The van der Waals surface area contributed by atoms with Gasteiger partial charge in [-0.15, -0.1) is 0 Å². The summed E-state index contributed by atoms with van der Waals surface area (Å²) < 4.78 is 38.5. The van der Waals surface area contributed by atoms with Crippen LogP contribution < -0.4 is 5.32 Å². The van der Waals surface area contributed by atoms with Gasteiger partial charge in [-0.2, -0.15) is 13.2 Å². The maximum absolute atomic E-state index is 12.8. The molecule has 0 spiro atoms. The van der Waals surface area contributed by atoms with Crippen LogP contribution >= 0.6 is 0 Å². The van der Waals surface area contributed by atoms with Crippen molar-refractivity contribution in [3.63, 3.8) is 0 Å². The average molecular weight is 315 g/mol. The second kappa shape index (κ2) is 6.37. The molecule has 1 saturated carbocycles. The summed E-state index contributed by atoms with van der Waals surface area (Å²) in [7, 11) is 0. The Hall–Kier alpha value is -2.05. The molecule has 1 aromatic carbocycles. The second-order valence-electron chi connectivity index (χ2n) is 5.44. The SMILES string of the molecule is O=C(Cc1ccccc1C(F)(F)F)N[C@@H]1CC[C@H](C(=O)O)C1. The topological polar surface area (TPSA) is 66.4 Å². The lowest BCUT2D eigenvalue weighted by Crippen LogP contribution is -2.34. The van der Waals surface area contributed by atoms with E-state index >= 15 is 0 Å². The van der Waals surface area contributed by atoms with Crippen LogP contribution in [-0.4, -0.2) is 23.0 Å². The monoisotopic (exact) mass is 315 g/mol. The van der Waals surface area contributed by atoms with Gasteiger partial charge in [-0.1, -0.05) is 18.2 Å². The molecule has 2 atom stereocenters. The number of carbonyl (C=O) groups excluding carboxylic acids is 1. The van der Waals surface area contributed by atoms with Gasteiger partial charge in [0.05, 0.1) is 17.9 Å². The summed E-state index contributed by atoms with van der Waals surface area (Å²) in [4.78, 5) is 22.7. The van der Waals surface area contributed by atoms with Crippen molar-refractivity contribution in [3.8, 4) is 0 Å². The van der Waals surface area contributed by atoms with Crippen molar-refractivity contribution in [2.75, 3.05) is 0 Å². The van der Waals surface area contributed by atoms with Gasteiger partial charge in [0, 0.05) is 6.04 Å². The second-order valence-corrected chi connectivity index (χ2v) is 5.44. The van der Waals surface area contributed by atoms with Crippen LogP contribution in [0.25, 0.3) is 0 Å². The van der Waals surface area contributed by atoms with Crippen molar-refractivity contribution in [2.24, 2.45) is 5.92 Å². The van der Waals surface area contributed by atoms with Crippen molar-refractivity contribution < 1.29 is 27.9 Å². The quantitative estimate of drug-likeness (QED) is 0.897. The summed E-state index contributed by atoms with van der Waals surface area (Å²) in [5, 5.41) is 11.5. The van der Waals surface area contributed by atoms with E-state index in [4.69, 9.17) is 5.11 Å². The number of rotatable bonds is 4. The van der Waals surface area contributed by atoms with Crippen LogP contribution in [-0.2, 0) is 22.2 Å². The van der Waals surface area contributed by atoms with E-state index in [1.807, 2.05) is 0 Å². The molecule has 0 heterocycles. The first-order valence-electron chi connectivity index (χ1n) is 6.94. The van der Waals surface area contributed by atoms with Crippen molar-refractivity contribution >= 4 is 11.9 Å². The minimum absolute atomic E-state index is 0.0831. The van der Waals surface area contributed by atoms with Crippen molar-refractivity contribution in [2.45, 2.75) is 37.9 Å². The van der Waals surface area contributed by atoms with Crippen LogP contribution in [0.3, 0.4) is 0 Å². The Morgan fingerprint density at radius 1 is 1.23 bits per heavy atom. The van der Waals surface area contributed by atoms with E-state index in [1.165, 1.54) is 18.2 Å². The van der Waals surface area contributed by atoms with E-state index < -0.39 is 29.5 Å². The van der Waals surface area contributed by atoms with Crippen molar-refractivity contribution in [1.82, 2.24) is 5.32 Å². The minimum atomic E-state index is -4.50. The fourth-order valence-electron chi connectivity index (χ4n) is 2.74. The fraction of sp³-hybridized carbons (Fsp3) is 0.467. The van der Waals surface area contributed by atoms with E-state index in [0.717, 1.165) is 6.07 Å². The molecule has 1 aliphatic rings. The third-order valence-electron chi connectivity index (χ3n) is 3.82.